The van der Waals surface area contributed by atoms with Gasteiger partial charge in [0.2, 0.25) is 11.9 Å². The van der Waals surface area contributed by atoms with Crippen molar-refractivity contribution in [1.29, 1.82) is 0 Å². The molecule has 0 aliphatic heterocycles. The third-order valence-corrected chi connectivity index (χ3v) is 6.57. The van der Waals surface area contributed by atoms with E-state index in [9.17, 15) is 14.4 Å². The number of ether oxygens (including phenoxy) is 2. The van der Waals surface area contributed by atoms with Gasteiger partial charge < -0.3 is 19.3 Å². The lowest BCUT2D eigenvalue weighted by molar-refractivity contribution is -0.117. The Hall–Kier alpha value is -4.38. The molecule has 42 heavy (non-hydrogen) atoms. The fourth-order valence-corrected chi connectivity index (χ4v) is 4.41. The summed E-state index contributed by atoms with van der Waals surface area (Å²) in [6.07, 6.45) is 0.959. The normalized spacial score (nSPS) is 13.4. The first-order valence-corrected chi connectivity index (χ1v) is 13.8. The number of halogens is 1. The molecule has 4 rings (SSSR count). The van der Waals surface area contributed by atoms with E-state index in [4.69, 9.17) is 25.6 Å². The van der Waals surface area contributed by atoms with Crippen molar-refractivity contribution < 1.29 is 28.4 Å². The molecule has 1 aliphatic carbocycles. The number of aryl methyl sites for hydroxylation is 2. The molecule has 1 aliphatic rings. The zero-order valence-corrected chi connectivity index (χ0v) is 25.1. The highest BCUT2D eigenvalue weighted by Crippen LogP contribution is 2.33. The summed E-state index contributed by atoms with van der Waals surface area (Å²) in [5, 5.41) is 12.5. The average Bonchev–Trinajstić information content (AvgIpc) is 3.69. The second-order valence-electron chi connectivity index (χ2n) is 11.0. The largest absolute Gasteiger partial charge is 0.497 e. The van der Waals surface area contributed by atoms with E-state index >= 15 is 0 Å². The number of carbonyl (C=O) groups is 3. The Kier molecular flexibility index (Phi) is 9.20. The molecule has 0 atom stereocenters. The number of rotatable bonds is 7. The number of aromatic nitrogens is 1. The van der Waals surface area contributed by atoms with E-state index in [1.807, 2.05) is 13.0 Å². The van der Waals surface area contributed by atoms with E-state index in [0.29, 0.717) is 33.3 Å². The van der Waals surface area contributed by atoms with Crippen LogP contribution in [0.2, 0.25) is 5.02 Å². The van der Waals surface area contributed by atoms with Gasteiger partial charge in [0.25, 0.3) is 5.91 Å². The third-order valence-electron chi connectivity index (χ3n) is 6.27. The third kappa shape index (κ3) is 7.88. The zero-order chi connectivity index (χ0) is 30.6. The fraction of sp³-hybridized carbons (Fsp3) is 0.367. The van der Waals surface area contributed by atoms with Gasteiger partial charge in [0.15, 0.2) is 0 Å². The molecule has 2 aromatic carbocycles. The molecular weight excluding hydrogens is 562 g/mol. The standard InChI is InChI=1S/C30H34ClN5O6/c1-16-13-18(14-22(31)24(16)33-26(37)20-7-8-20)15-32-28(35-29(39)41-30(3,4)5)34-27(38)23-17(2)42-36-25(23)19-9-11-21(40-6)12-10-19/h9-14,20H,7-8,15H2,1-6H3,(H,33,37)(H2,32,34,35,38,39). The second kappa shape index (κ2) is 12.6. The van der Waals surface area contributed by atoms with Crippen LogP contribution in [0.25, 0.3) is 11.3 Å². The minimum atomic E-state index is -0.800. The number of aliphatic imine (C=N–C) groups is 1. The lowest BCUT2D eigenvalue weighted by Crippen LogP contribution is -2.46. The number of anilines is 1. The van der Waals surface area contributed by atoms with E-state index in [1.165, 1.54) is 0 Å². The molecule has 0 bridgehead atoms. The van der Waals surface area contributed by atoms with Gasteiger partial charge in [-0.1, -0.05) is 22.8 Å². The molecule has 1 saturated carbocycles. The minimum absolute atomic E-state index is 0.0362. The van der Waals surface area contributed by atoms with Crippen LogP contribution in [0.4, 0.5) is 10.5 Å². The number of methoxy groups -OCH3 is 1. The van der Waals surface area contributed by atoms with Gasteiger partial charge in [-0.3, -0.25) is 20.2 Å². The van der Waals surface area contributed by atoms with Crippen LogP contribution in [0.1, 0.15) is 60.9 Å². The molecule has 0 spiro atoms. The van der Waals surface area contributed by atoms with Crippen LogP contribution in [0.15, 0.2) is 45.9 Å². The SMILES string of the molecule is COc1ccc(-c2noc(C)c2C(=O)NC(=NCc2cc(C)c(NC(=O)C3CC3)c(Cl)c2)NC(=O)OC(C)(C)C)cc1. The Morgan fingerprint density at radius 1 is 1.10 bits per heavy atom. The maximum Gasteiger partial charge on any atom is 0.414 e. The van der Waals surface area contributed by atoms with Gasteiger partial charge in [-0.2, -0.15) is 0 Å². The van der Waals surface area contributed by atoms with Gasteiger partial charge in [-0.25, -0.2) is 9.79 Å². The molecule has 0 unspecified atom stereocenters. The number of amides is 3. The Morgan fingerprint density at radius 2 is 1.79 bits per heavy atom. The van der Waals surface area contributed by atoms with Gasteiger partial charge in [0.1, 0.15) is 28.4 Å². The average molecular weight is 596 g/mol. The molecular formula is C30H34ClN5O6. The Balaban J connectivity index is 1.58. The highest BCUT2D eigenvalue weighted by Gasteiger charge is 2.30. The van der Waals surface area contributed by atoms with E-state index in [2.05, 4.69) is 26.1 Å². The van der Waals surface area contributed by atoms with Crippen molar-refractivity contribution >= 4 is 41.2 Å². The molecule has 1 fully saturated rings. The summed E-state index contributed by atoms with van der Waals surface area (Å²) >= 11 is 6.49. The molecule has 0 saturated heterocycles. The van der Waals surface area contributed by atoms with Crippen LogP contribution in [0, 0.1) is 19.8 Å². The highest BCUT2D eigenvalue weighted by atomic mass is 35.5. The number of nitrogens with zero attached hydrogens (tertiary/aromatic N) is 2. The van der Waals surface area contributed by atoms with Gasteiger partial charge in [-0.15, -0.1) is 0 Å². The quantitative estimate of drug-likeness (QED) is 0.232. The predicted molar refractivity (Wildman–Crippen MR) is 159 cm³/mol. The molecule has 222 valence electrons. The summed E-state index contributed by atoms with van der Waals surface area (Å²) in [6.45, 7) is 8.66. The smallest absolute Gasteiger partial charge is 0.414 e. The van der Waals surface area contributed by atoms with Crippen molar-refractivity contribution in [3.8, 4) is 17.0 Å². The zero-order valence-electron chi connectivity index (χ0n) is 24.4. The van der Waals surface area contributed by atoms with Crippen molar-refractivity contribution in [2.45, 2.75) is 59.6 Å². The second-order valence-corrected chi connectivity index (χ2v) is 11.4. The van der Waals surface area contributed by atoms with Crippen LogP contribution >= 0.6 is 11.6 Å². The minimum Gasteiger partial charge on any atom is -0.497 e. The van der Waals surface area contributed by atoms with Crippen molar-refractivity contribution in [3.05, 3.63) is 63.9 Å². The molecule has 12 heteroatoms. The van der Waals surface area contributed by atoms with Crippen LogP contribution in [0.3, 0.4) is 0 Å². The number of guanidine groups is 1. The van der Waals surface area contributed by atoms with Crippen LogP contribution in [-0.2, 0) is 16.1 Å². The number of hydrogen-bond donors (Lipinski definition) is 3. The molecule has 1 heterocycles. The first-order valence-electron chi connectivity index (χ1n) is 13.4. The number of alkyl carbamates (subject to hydrolysis) is 1. The molecule has 1 aromatic heterocycles. The number of nitrogens with one attached hydrogen (secondary N) is 3. The van der Waals surface area contributed by atoms with Crippen molar-refractivity contribution in [3.63, 3.8) is 0 Å². The maximum absolute atomic E-state index is 13.5. The Labute approximate surface area is 249 Å². The van der Waals surface area contributed by atoms with E-state index in [-0.39, 0.29) is 35.7 Å². The maximum atomic E-state index is 13.5. The lowest BCUT2D eigenvalue weighted by atomic mass is 10.1. The van der Waals surface area contributed by atoms with Gasteiger partial charge in [0.05, 0.1) is 24.4 Å². The summed E-state index contributed by atoms with van der Waals surface area (Å²) in [4.78, 5) is 42.8. The molecule has 11 nitrogen and oxygen atoms in total. The highest BCUT2D eigenvalue weighted by molar-refractivity contribution is 6.34. The number of benzene rings is 2. The molecule has 3 amide bonds. The molecule has 3 aromatic rings. The van der Waals surface area contributed by atoms with Gasteiger partial charge in [0, 0.05) is 11.5 Å². The molecule has 0 radical (unpaired) electrons. The van der Waals surface area contributed by atoms with E-state index in [1.54, 1.807) is 65.1 Å². The molecule has 3 N–H and O–H groups in total. The van der Waals surface area contributed by atoms with E-state index in [0.717, 1.165) is 18.4 Å². The number of carbonyl (C=O) groups excluding carboxylic acids is 3. The monoisotopic (exact) mass is 595 g/mol. The summed E-state index contributed by atoms with van der Waals surface area (Å²) < 4.78 is 15.9. The van der Waals surface area contributed by atoms with Crippen molar-refractivity contribution in [2.24, 2.45) is 10.9 Å². The van der Waals surface area contributed by atoms with Crippen LogP contribution < -0.4 is 20.7 Å². The summed E-state index contributed by atoms with van der Waals surface area (Å²) in [6, 6.07) is 10.5. The van der Waals surface area contributed by atoms with Gasteiger partial charge >= 0.3 is 6.09 Å². The van der Waals surface area contributed by atoms with Gasteiger partial charge in [-0.05, 0) is 88.9 Å². The number of hydrogen-bond acceptors (Lipinski definition) is 8. The van der Waals surface area contributed by atoms with Crippen LogP contribution in [0.5, 0.6) is 5.75 Å². The summed E-state index contributed by atoms with van der Waals surface area (Å²) in [5.74, 6) is 0.178. The summed E-state index contributed by atoms with van der Waals surface area (Å²) in [7, 11) is 1.56. The van der Waals surface area contributed by atoms with Crippen molar-refractivity contribution in [2.75, 3.05) is 12.4 Å². The lowest BCUT2D eigenvalue weighted by Gasteiger charge is -2.20. The fourth-order valence-electron chi connectivity index (χ4n) is 4.07. The predicted octanol–water partition coefficient (Wildman–Crippen LogP) is 5.78. The van der Waals surface area contributed by atoms with Crippen molar-refractivity contribution in [1.82, 2.24) is 15.8 Å². The Morgan fingerprint density at radius 3 is 2.38 bits per heavy atom. The topological polar surface area (TPSA) is 144 Å². The summed E-state index contributed by atoms with van der Waals surface area (Å²) in [5.41, 5.74) is 2.35. The first-order chi connectivity index (χ1) is 19.8. The first kappa shape index (κ1) is 30.6. The van der Waals surface area contributed by atoms with Crippen LogP contribution in [-0.4, -0.2) is 41.7 Å². The Bertz CT molecular complexity index is 1500. The van der Waals surface area contributed by atoms with E-state index < -0.39 is 17.6 Å².